The lowest BCUT2D eigenvalue weighted by Gasteiger charge is -2.16. The van der Waals surface area contributed by atoms with Gasteiger partial charge >= 0.3 is 0 Å². The van der Waals surface area contributed by atoms with E-state index in [9.17, 15) is 9.90 Å². The van der Waals surface area contributed by atoms with Crippen molar-refractivity contribution in [2.45, 2.75) is 38.8 Å². The van der Waals surface area contributed by atoms with Crippen molar-refractivity contribution < 1.29 is 9.90 Å². The van der Waals surface area contributed by atoms with Crippen LogP contribution in [0.4, 0.5) is 0 Å². The first-order chi connectivity index (χ1) is 6.79. The van der Waals surface area contributed by atoms with Crippen molar-refractivity contribution in [3.05, 3.63) is 18.0 Å². The molecule has 5 nitrogen and oxygen atoms in total. The Morgan fingerprint density at radius 2 is 2.33 bits per heavy atom. The van der Waals surface area contributed by atoms with Gasteiger partial charge in [-0.3, -0.25) is 9.48 Å². The number of aliphatic hydroxyl groups is 1. The molecule has 0 aliphatic carbocycles. The summed E-state index contributed by atoms with van der Waals surface area (Å²) in [6.45, 7) is 5.50. The molecule has 0 bridgehead atoms. The van der Waals surface area contributed by atoms with Crippen molar-refractivity contribution in [2.75, 3.05) is 0 Å². The van der Waals surface area contributed by atoms with Crippen LogP contribution in [0.25, 0.3) is 0 Å². The highest BCUT2D eigenvalue weighted by Gasteiger charge is 2.17. The predicted molar refractivity (Wildman–Crippen MR) is 56.1 cm³/mol. The maximum Gasteiger partial charge on any atom is 0.226 e. The number of aromatic nitrogens is 2. The van der Waals surface area contributed by atoms with Crippen LogP contribution in [0.2, 0.25) is 0 Å². The van der Waals surface area contributed by atoms with E-state index in [0.29, 0.717) is 12.2 Å². The fourth-order valence-corrected chi connectivity index (χ4v) is 1.24. The van der Waals surface area contributed by atoms with Crippen LogP contribution in [0.15, 0.2) is 12.3 Å². The lowest BCUT2D eigenvalue weighted by molar-refractivity contribution is -0.119. The molecule has 1 amide bonds. The van der Waals surface area contributed by atoms with Crippen LogP contribution in [-0.4, -0.2) is 26.4 Å². The first kappa shape index (κ1) is 11.7. The van der Waals surface area contributed by atoms with Crippen molar-refractivity contribution in [3.63, 3.8) is 0 Å². The van der Waals surface area contributed by atoms with Gasteiger partial charge < -0.3 is 10.8 Å². The van der Waals surface area contributed by atoms with E-state index in [2.05, 4.69) is 5.10 Å². The van der Waals surface area contributed by atoms with Gasteiger partial charge in [-0.1, -0.05) is 0 Å². The summed E-state index contributed by atoms with van der Waals surface area (Å²) in [4.78, 5) is 10.9. The molecular weight excluding hydrogens is 194 g/mol. The molecule has 3 N–H and O–H groups in total. The summed E-state index contributed by atoms with van der Waals surface area (Å²) in [6.07, 6.45) is 1.73. The summed E-state index contributed by atoms with van der Waals surface area (Å²) in [5.41, 5.74) is 4.98. The van der Waals surface area contributed by atoms with Crippen LogP contribution < -0.4 is 5.73 Å². The van der Waals surface area contributed by atoms with Crippen LogP contribution in [0.3, 0.4) is 0 Å². The fourth-order valence-electron chi connectivity index (χ4n) is 1.24. The molecule has 0 aromatic carbocycles. The van der Waals surface area contributed by atoms with E-state index in [0.717, 1.165) is 0 Å². The van der Waals surface area contributed by atoms with Gasteiger partial charge in [0.15, 0.2) is 0 Å². The van der Waals surface area contributed by atoms with Crippen LogP contribution in [0, 0.1) is 0 Å². The number of hydrogen-bond donors (Lipinski definition) is 2. The summed E-state index contributed by atoms with van der Waals surface area (Å²) in [5.74, 6) is -0.795. The number of nitrogens with two attached hydrogens (primary N) is 1. The van der Waals surface area contributed by atoms with Gasteiger partial charge in [-0.2, -0.15) is 5.10 Å². The number of nitrogens with zero attached hydrogens (tertiary/aromatic N) is 2. The van der Waals surface area contributed by atoms with E-state index < -0.39 is 17.4 Å². The van der Waals surface area contributed by atoms with E-state index in [-0.39, 0.29) is 0 Å². The molecule has 0 radical (unpaired) electrons. The highest BCUT2D eigenvalue weighted by atomic mass is 16.3. The van der Waals surface area contributed by atoms with E-state index in [1.54, 1.807) is 37.7 Å². The van der Waals surface area contributed by atoms with Gasteiger partial charge in [-0.25, -0.2) is 0 Å². The smallest absolute Gasteiger partial charge is 0.226 e. The molecule has 0 saturated heterocycles. The molecule has 84 valence electrons. The van der Waals surface area contributed by atoms with Gasteiger partial charge in [0.1, 0.15) is 0 Å². The first-order valence-corrected chi connectivity index (χ1v) is 4.84. The summed E-state index contributed by atoms with van der Waals surface area (Å²) in [6, 6.07) is 1.74. The predicted octanol–water partition coefficient (Wildman–Crippen LogP) is 0.243. The highest BCUT2D eigenvalue weighted by molar-refractivity contribution is 5.80. The maximum atomic E-state index is 10.9. The molecule has 15 heavy (non-hydrogen) atoms. The molecule has 1 unspecified atom stereocenters. The Morgan fingerprint density at radius 1 is 1.73 bits per heavy atom. The van der Waals surface area contributed by atoms with Gasteiger partial charge in [-0.05, 0) is 26.8 Å². The number of amides is 1. The molecule has 0 spiro atoms. The van der Waals surface area contributed by atoms with Gasteiger partial charge in [0, 0.05) is 6.20 Å². The Morgan fingerprint density at radius 3 is 2.80 bits per heavy atom. The minimum atomic E-state index is -0.820. The van der Waals surface area contributed by atoms with E-state index in [1.165, 1.54) is 0 Å². The fraction of sp³-hybridized carbons (Fsp3) is 0.600. The molecule has 1 rings (SSSR count). The lowest BCUT2D eigenvalue weighted by Crippen LogP contribution is -2.26. The zero-order valence-electron chi connectivity index (χ0n) is 9.27. The van der Waals surface area contributed by atoms with Gasteiger partial charge in [0.25, 0.3) is 0 Å². The molecule has 1 heterocycles. The molecule has 5 heteroatoms. The van der Waals surface area contributed by atoms with Crippen molar-refractivity contribution in [1.29, 1.82) is 0 Å². The molecule has 0 saturated carbocycles. The van der Waals surface area contributed by atoms with E-state index in [1.807, 2.05) is 0 Å². The number of hydrogen-bond acceptors (Lipinski definition) is 3. The van der Waals surface area contributed by atoms with Crippen LogP contribution in [-0.2, 0) is 11.3 Å². The second kappa shape index (κ2) is 4.02. The molecule has 0 aliphatic heterocycles. The SMILES string of the molecule is CC(C(N)=O)c1ccn(CC(C)(C)O)n1. The Balaban J connectivity index is 2.77. The third-order valence-electron chi connectivity index (χ3n) is 2.08. The molecule has 1 aromatic heterocycles. The highest BCUT2D eigenvalue weighted by Crippen LogP contribution is 2.13. The number of carbonyl (C=O) groups is 1. The zero-order chi connectivity index (χ0) is 11.6. The molecule has 1 aromatic rings. The lowest BCUT2D eigenvalue weighted by atomic mass is 10.1. The monoisotopic (exact) mass is 211 g/mol. The molecule has 0 aliphatic rings. The van der Waals surface area contributed by atoms with Crippen molar-refractivity contribution >= 4 is 5.91 Å². The molecule has 0 fully saturated rings. The van der Waals surface area contributed by atoms with Crippen molar-refractivity contribution in [3.8, 4) is 0 Å². The average Bonchev–Trinajstić information content (AvgIpc) is 2.48. The zero-order valence-corrected chi connectivity index (χ0v) is 9.27. The Hall–Kier alpha value is -1.36. The minimum Gasteiger partial charge on any atom is -0.389 e. The number of rotatable bonds is 4. The number of carbonyl (C=O) groups excluding carboxylic acids is 1. The van der Waals surface area contributed by atoms with Crippen LogP contribution in [0.5, 0.6) is 0 Å². The summed E-state index contributed by atoms with van der Waals surface area (Å²) >= 11 is 0. The second-order valence-electron chi connectivity index (χ2n) is 4.37. The standard InChI is InChI=1S/C10H17N3O2/c1-7(9(11)14)8-4-5-13(12-8)6-10(2,3)15/h4-5,7,15H,6H2,1-3H3,(H2,11,14). The van der Waals surface area contributed by atoms with Crippen molar-refractivity contribution in [2.24, 2.45) is 5.73 Å². The Labute approximate surface area is 88.9 Å². The van der Waals surface area contributed by atoms with Gasteiger partial charge in [-0.15, -0.1) is 0 Å². The molecule has 1 atom stereocenters. The minimum absolute atomic E-state index is 0.387. The summed E-state index contributed by atoms with van der Waals surface area (Å²) < 4.78 is 1.61. The summed E-state index contributed by atoms with van der Waals surface area (Å²) in [7, 11) is 0. The topological polar surface area (TPSA) is 81.1 Å². The number of primary amides is 1. The van der Waals surface area contributed by atoms with Gasteiger partial charge in [0.2, 0.25) is 5.91 Å². The third-order valence-corrected chi connectivity index (χ3v) is 2.08. The Kier molecular flexibility index (Phi) is 3.14. The third kappa shape index (κ3) is 3.36. The summed E-state index contributed by atoms with van der Waals surface area (Å²) in [5, 5.41) is 13.7. The van der Waals surface area contributed by atoms with Crippen molar-refractivity contribution in [1.82, 2.24) is 9.78 Å². The van der Waals surface area contributed by atoms with Crippen LogP contribution in [0.1, 0.15) is 32.4 Å². The normalized spacial score (nSPS) is 13.9. The van der Waals surface area contributed by atoms with E-state index in [4.69, 9.17) is 5.73 Å². The molecular formula is C10H17N3O2. The van der Waals surface area contributed by atoms with Gasteiger partial charge in [0.05, 0.1) is 23.8 Å². The first-order valence-electron chi connectivity index (χ1n) is 4.84. The average molecular weight is 211 g/mol. The van der Waals surface area contributed by atoms with E-state index >= 15 is 0 Å². The largest absolute Gasteiger partial charge is 0.389 e. The maximum absolute atomic E-state index is 10.9. The van der Waals surface area contributed by atoms with Crippen LogP contribution >= 0.6 is 0 Å². The Bertz CT molecular complexity index is 352. The quantitative estimate of drug-likeness (QED) is 0.748. The second-order valence-corrected chi connectivity index (χ2v) is 4.37.